The van der Waals surface area contributed by atoms with Gasteiger partial charge in [0.15, 0.2) is 0 Å². The van der Waals surface area contributed by atoms with Gasteiger partial charge in [0.05, 0.1) is 6.54 Å². The summed E-state index contributed by atoms with van der Waals surface area (Å²) in [6, 6.07) is 4.40. The lowest BCUT2D eigenvalue weighted by atomic mass is 10.2. The molecule has 0 saturated heterocycles. The summed E-state index contributed by atoms with van der Waals surface area (Å²) in [6.45, 7) is 3.28. The minimum atomic E-state index is -0.306. The molecule has 0 radical (unpaired) electrons. The summed E-state index contributed by atoms with van der Waals surface area (Å²) in [4.78, 5) is 11.3. The van der Waals surface area contributed by atoms with Crippen molar-refractivity contribution in [3.8, 4) is 0 Å². The van der Waals surface area contributed by atoms with Gasteiger partial charge in [-0.25, -0.2) is 4.39 Å². The van der Waals surface area contributed by atoms with Crippen molar-refractivity contribution in [3.05, 3.63) is 34.1 Å². The third-order valence-corrected chi connectivity index (χ3v) is 2.79. The average Bonchev–Trinajstić information content (AvgIpc) is 2.27. The Morgan fingerprint density at radius 2 is 2.25 bits per heavy atom. The number of hydrogen-bond donors (Lipinski definition) is 2. The minimum Gasteiger partial charge on any atom is -0.351 e. The van der Waals surface area contributed by atoms with Crippen LogP contribution < -0.4 is 10.6 Å². The van der Waals surface area contributed by atoms with E-state index in [0.717, 1.165) is 16.6 Å². The molecule has 5 heteroatoms. The van der Waals surface area contributed by atoms with Gasteiger partial charge in [0.2, 0.25) is 5.91 Å². The van der Waals surface area contributed by atoms with Gasteiger partial charge >= 0.3 is 0 Å². The van der Waals surface area contributed by atoms with Gasteiger partial charge in [-0.3, -0.25) is 4.79 Å². The topological polar surface area (TPSA) is 41.1 Å². The van der Waals surface area contributed by atoms with Crippen molar-refractivity contribution in [1.29, 1.82) is 0 Å². The highest BCUT2D eigenvalue weighted by Crippen LogP contribution is 2.17. The molecule has 0 saturated carbocycles. The molecule has 16 heavy (non-hydrogen) atoms. The van der Waals surface area contributed by atoms with Crippen LogP contribution in [0.25, 0.3) is 0 Å². The number of halogens is 2. The van der Waals surface area contributed by atoms with Crippen molar-refractivity contribution in [2.45, 2.75) is 13.5 Å². The van der Waals surface area contributed by atoms with Crippen molar-refractivity contribution < 1.29 is 9.18 Å². The third kappa shape index (κ3) is 4.28. The van der Waals surface area contributed by atoms with E-state index in [4.69, 9.17) is 0 Å². The van der Waals surface area contributed by atoms with Crippen molar-refractivity contribution in [1.82, 2.24) is 10.6 Å². The molecule has 0 heterocycles. The second-order valence-electron chi connectivity index (χ2n) is 3.29. The second kappa shape index (κ2) is 6.60. The maximum atomic E-state index is 12.9. The molecule has 0 spiro atoms. The number of nitrogens with one attached hydrogen (secondary N) is 2. The van der Waals surface area contributed by atoms with Crippen LogP contribution in [0.2, 0.25) is 0 Å². The van der Waals surface area contributed by atoms with Crippen LogP contribution >= 0.6 is 15.9 Å². The van der Waals surface area contributed by atoms with E-state index >= 15 is 0 Å². The first-order valence-corrected chi connectivity index (χ1v) is 5.84. The van der Waals surface area contributed by atoms with Crippen molar-refractivity contribution in [3.63, 3.8) is 0 Å². The Balaban J connectivity index is 2.47. The maximum Gasteiger partial charge on any atom is 0.234 e. The first-order valence-electron chi connectivity index (χ1n) is 5.04. The Bertz CT molecular complexity index is 371. The van der Waals surface area contributed by atoms with Gasteiger partial charge in [-0.05, 0) is 30.3 Å². The summed E-state index contributed by atoms with van der Waals surface area (Å²) in [5.41, 5.74) is 0.727. The molecule has 0 aliphatic heterocycles. The van der Waals surface area contributed by atoms with Crippen LogP contribution in [0, 0.1) is 5.82 Å². The molecule has 3 nitrogen and oxygen atoms in total. The van der Waals surface area contributed by atoms with E-state index in [1.807, 2.05) is 6.92 Å². The Hall–Kier alpha value is -0.940. The molecule has 0 fully saturated rings. The fourth-order valence-electron chi connectivity index (χ4n) is 1.17. The highest BCUT2D eigenvalue weighted by atomic mass is 79.9. The van der Waals surface area contributed by atoms with Gasteiger partial charge in [-0.1, -0.05) is 22.9 Å². The van der Waals surface area contributed by atoms with Gasteiger partial charge in [-0.15, -0.1) is 0 Å². The smallest absolute Gasteiger partial charge is 0.234 e. The third-order valence-electron chi connectivity index (χ3n) is 2.02. The van der Waals surface area contributed by atoms with Gasteiger partial charge in [0, 0.05) is 11.0 Å². The van der Waals surface area contributed by atoms with Gasteiger partial charge in [0.25, 0.3) is 0 Å². The number of rotatable bonds is 5. The Morgan fingerprint density at radius 1 is 1.50 bits per heavy atom. The number of carbonyl (C=O) groups excluding carboxylic acids is 1. The largest absolute Gasteiger partial charge is 0.351 e. The van der Waals surface area contributed by atoms with E-state index in [1.54, 1.807) is 6.07 Å². The van der Waals surface area contributed by atoms with Crippen LogP contribution in [0.5, 0.6) is 0 Å². The average molecular weight is 289 g/mol. The fraction of sp³-hybridized carbons (Fsp3) is 0.364. The van der Waals surface area contributed by atoms with E-state index < -0.39 is 0 Å². The predicted octanol–water partition coefficient (Wildman–Crippen LogP) is 1.81. The second-order valence-corrected chi connectivity index (χ2v) is 4.15. The van der Waals surface area contributed by atoms with Crippen molar-refractivity contribution in [2.24, 2.45) is 0 Å². The van der Waals surface area contributed by atoms with Crippen LogP contribution in [-0.2, 0) is 11.3 Å². The molecule has 1 rings (SSSR count). The molecule has 1 aromatic carbocycles. The molecule has 0 bridgehead atoms. The number of amides is 1. The van der Waals surface area contributed by atoms with Crippen LogP contribution in [0.1, 0.15) is 12.5 Å². The summed E-state index contributed by atoms with van der Waals surface area (Å²) >= 11 is 3.30. The van der Waals surface area contributed by atoms with Crippen LogP contribution in [0.3, 0.4) is 0 Å². The predicted molar refractivity (Wildman–Crippen MR) is 64.5 cm³/mol. The molecule has 88 valence electrons. The standard InChI is InChI=1S/C11H14BrFN2O/c1-2-14-7-11(16)15-6-8-5-9(13)3-4-10(8)12/h3-5,14H,2,6-7H2,1H3,(H,15,16). The Morgan fingerprint density at radius 3 is 2.94 bits per heavy atom. The molecule has 0 atom stereocenters. The van der Waals surface area contributed by atoms with E-state index in [0.29, 0.717) is 6.54 Å². The summed E-state index contributed by atoms with van der Waals surface area (Å²) in [7, 11) is 0. The normalized spacial score (nSPS) is 10.2. The van der Waals surface area contributed by atoms with E-state index in [-0.39, 0.29) is 18.3 Å². The lowest BCUT2D eigenvalue weighted by Gasteiger charge is -2.07. The van der Waals surface area contributed by atoms with E-state index in [1.165, 1.54) is 12.1 Å². The number of benzene rings is 1. The highest BCUT2D eigenvalue weighted by Gasteiger charge is 2.04. The van der Waals surface area contributed by atoms with Crippen LogP contribution in [-0.4, -0.2) is 19.0 Å². The Kier molecular flexibility index (Phi) is 5.42. The first kappa shape index (κ1) is 13.1. The molecule has 1 aromatic rings. The SMILES string of the molecule is CCNCC(=O)NCc1cc(F)ccc1Br. The molecular formula is C11H14BrFN2O. The van der Waals surface area contributed by atoms with Gasteiger partial charge in [0.1, 0.15) is 5.82 Å². The van der Waals surface area contributed by atoms with Gasteiger partial charge in [-0.2, -0.15) is 0 Å². The van der Waals surface area contributed by atoms with Gasteiger partial charge < -0.3 is 10.6 Å². The molecule has 0 aliphatic rings. The lowest BCUT2D eigenvalue weighted by molar-refractivity contribution is -0.120. The number of carbonyl (C=O) groups is 1. The number of hydrogen-bond acceptors (Lipinski definition) is 2. The maximum absolute atomic E-state index is 12.9. The number of likely N-dealkylation sites (N-methyl/N-ethyl adjacent to an activating group) is 1. The molecule has 1 amide bonds. The fourth-order valence-corrected chi connectivity index (χ4v) is 1.56. The zero-order valence-electron chi connectivity index (χ0n) is 9.02. The monoisotopic (exact) mass is 288 g/mol. The summed E-state index contributed by atoms with van der Waals surface area (Å²) < 4.78 is 13.7. The Labute approximate surface area is 103 Å². The van der Waals surface area contributed by atoms with Crippen molar-refractivity contribution in [2.75, 3.05) is 13.1 Å². The molecule has 0 aliphatic carbocycles. The van der Waals surface area contributed by atoms with E-state index in [2.05, 4.69) is 26.6 Å². The minimum absolute atomic E-state index is 0.0991. The highest BCUT2D eigenvalue weighted by molar-refractivity contribution is 9.10. The molecule has 2 N–H and O–H groups in total. The summed E-state index contributed by atoms with van der Waals surface area (Å²) in [5, 5.41) is 5.62. The lowest BCUT2D eigenvalue weighted by Crippen LogP contribution is -2.33. The van der Waals surface area contributed by atoms with E-state index in [9.17, 15) is 9.18 Å². The van der Waals surface area contributed by atoms with Crippen molar-refractivity contribution >= 4 is 21.8 Å². The molecule has 0 aromatic heterocycles. The molecule has 0 unspecified atom stereocenters. The van der Waals surface area contributed by atoms with Crippen LogP contribution in [0.4, 0.5) is 4.39 Å². The zero-order chi connectivity index (χ0) is 12.0. The first-order chi connectivity index (χ1) is 7.63. The quantitative estimate of drug-likeness (QED) is 0.868. The zero-order valence-corrected chi connectivity index (χ0v) is 10.6. The summed E-state index contributed by atoms with van der Waals surface area (Å²) in [6.07, 6.45) is 0. The summed E-state index contributed by atoms with van der Waals surface area (Å²) in [5.74, 6) is -0.405. The van der Waals surface area contributed by atoms with Crippen LogP contribution in [0.15, 0.2) is 22.7 Å². The molecular weight excluding hydrogens is 275 g/mol.